The van der Waals surface area contributed by atoms with E-state index in [1.165, 1.54) is 0 Å². The van der Waals surface area contributed by atoms with E-state index in [4.69, 9.17) is 4.74 Å². The van der Waals surface area contributed by atoms with Crippen LogP contribution in [0.25, 0.3) is 0 Å². The van der Waals surface area contributed by atoms with Gasteiger partial charge in [0.1, 0.15) is 5.75 Å². The van der Waals surface area contributed by atoms with Crippen LogP contribution in [0.2, 0.25) is 0 Å². The van der Waals surface area contributed by atoms with Crippen LogP contribution < -0.4 is 10.1 Å². The van der Waals surface area contributed by atoms with E-state index in [1.54, 1.807) is 24.5 Å². The molecule has 1 fully saturated rings. The third-order valence-corrected chi connectivity index (χ3v) is 4.74. The number of nitrogens with one attached hydrogen (secondary N) is 1. The molecule has 1 aromatic heterocycles. The van der Waals surface area contributed by atoms with Gasteiger partial charge in [-0.2, -0.15) is 0 Å². The van der Waals surface area contributed by atoms with Crippen molar-refractivity contribution in [2.75, 3.05) is 26.2 Å². The van der Waals surface area contributed by atoms with Crippen LogP contribution in [0.1, 0.15) is 29.6 Å². The highest BCUT2D eigenvalue weighted by atomic mass is 16.5. The number of nitrogens with zero attached hydrogens (tertiary/aromatic N) is 2. The molecule has 0 radical (unpaired) electrons. The maximum Gasteiger partial charge on any atom is 0.255 e. The Morgan fingerprint density at radius 3 is 2.59 bits per heavy atom. The summed E-state index contributed by atoms with van der Waals surface area (Å²) in [6.45, 7) is 2.45. The van der Waals surface area contributed by atoms with Gasteiger partial charge in [-0.15, -0.1) is 0 Å². The molecule has 3 rings (SSSR count). The number of aromatic nitrogens is 1. The number of para-hydroxylation sites is 1. The lowest BCUT2D eigenvalue weighted by Gasteiger charge is -2.32. The first-order chi connectivity index (χ1) is 13.2. The molecular formula is C21H25N3O3. The maximum atomic E-state index is 12.4. The first-order valence-corrected chi connectivity index (χ1v) is 9.36. The lowest BCUT2D eigenvalue weighted by atomic mass is 9.96. The molecule has 0 bridgehead atoms. The second-order valence-electron chi connectivity index (χ2n) is 6.69. The molecule has 1 saturated heterocycles. The number of carbonyl (C=O) groups excluding carboxylic acids is 2. The Bertz CT molecular complexity index is 729. The van der Waals surface area contributed by atoms with Crippen molar-refractivity contribution in [1.29, 1.82) is 0 Å². The van der Waals surface area contributed by atoms with E-state index in [9.17, 15) is 9.59 Å². The fraction of sp³-hybridized carbons (Fsp3) is 0.381. The van der Waals surface area contributed by atoms with Crippen molar-refractivity contribution in [2.24, 2.45) is 5.92 Å². The van der Waals surface area contributed by atoms with Crippen molar-refractivity contribution in [2.45, 2.75) is 19.3 Å². The Morgan fingerprint density at radius 2 is 1.89 bits per heavy atom. The lowest BCUT2D eigenvalue weighted by Crippen LogP contribution is -2.41. The van der Waals surface area contributed by atoms with E-state index in [2.05, 4.69) is 10.3 Å². The largest absolute Gasteiger partial charge is 0.493 e. The zero-order valence-corrected chi connectivity index (χ0v) is 15.3. The molecule has 142 valence electrons. The molecule has 0 atom stereocenters. The van der Waals surface area contributed by atoms with Crippen LogP contribution in [0.5, 0.6) is 5.75 Å². The Hall–Kier alpha value is -2.89. The van der Waals surface area contributed by atoms with E-state index in [0.29, 0.717) is 44.1 Å². The highest BCUT2D eigenvalue weighted by Crippen LogP contribution is 2.18. The number of hydrogen-bond donors (Lipinski definition) is 1. The molecule has 6 nitrogen and oxygen atoms in total. The summed E-state index contributed by atoms with van der Waals surface area (Å²) in [5, 5.41) is 2.98. The third kappa shape index (κ3) is 5.81. The summed E-state index contributed by atoms with van der Waals surface area (Å²) in [6.07, 6.45) is 5.40. The van der Waals surface area contributed by atoms with Crippen LogP contribution >= 0.6 is 0 Å². The van der Waals surface area contributed by atoms with Crippen LogP contribution in [0.4, 0.5) is 0 Å². The van der Waals surface area contributed by atoms with Crippen molar-refractivity contribution in [1.82, 2.24) is 15.2 Å². The monoisotopic (exact) mass is 367 g/mol. The molecule has 2 aromatic rings. The van der Waals surface area contributed by atoms with Crippen LogP contribution in [-0.2, 0) is 4.79 Å². The number of carbonyl (C=O) groups is 2. The van der Waals surface area contributed by atoms with E-state index in [-0.39, 0.29) is 11.8 Å². The van der Waals surface area contributed by atoms with E-state index >= 15 is 0 Å². The van der Waals surface area contributed by atoms with Crippen LogP contribution in [-0.4, -0.2) is 47.9 Å². The number of amides is 2. The molecule has 0 aliphatic carbocycles. The number of pyridine rings is 1. The van der Waals surface area contributed by atoms with Gasteiger partial charge >= 0.3 is 0 Å². The second kappa shape index (κ2) is 9.71. The highest BCUT2D eigenvalue weighted by molar-refractivity contribution is 5.93. The Labute approximate surface area is 159 Å². The Balaban J connectivity index is 1.32. The lowest BCUT2D eigenvalue weighted by molar-refractivity contribution is -0.121. The molecule has 27 heavy (non-hydrogen) atoms. The zero-order chi connectivity index (χ0) is 18.9. The summed E-state index contributed by atoms with van der Waals surface area (Å²) in [6, 6.07) is 13.0. The SMILES string of the molecule is O=C(CCOc1ccccc1)NCC1CCN(C(=O)c2cccnc2)CC1. The van der Waals surface area contributed by atoms with E-state index in [0.717, 1.165) is 18.6 Å². The van der Waals surface area contributed by atoms with Gasteiger partial charge in [0.05, 0.1) is 18.6 Å². The minimum absolute atomic E-state index is 0.000188. The van der Waals surface area contributed by atoms with Gasteiger partial charge in [0, 0.05) is 32.0 Å². The van der Waals surface area contributed by atoms with Crippen molar-refractivity contribution in [3.05, 3.63) is 60.4 Å². The zero-order valence-electron chi connectivity index (χ0n) is 15.3. The van der Waals surface area contributed by atoms with Gasteiger partial charge in [-0.25, -0.2) is 0 Å². The molecule has 2 heterocycles. The first kappa shape index (κ1) is 18.9. The molecule has 0 saturated carbocycles. The number of piperidine rings is 1. The Kier molecular flexibility index (Phi) is 6.79. The van der Waals surface area contributed by atoms with Crippen LogP contribution in [0.15, 0.2) is 54.9 Å². The quantitative estimate of drug-likeness (QED) is 0.816. The summed E-state index contributed by atoms with van der Waals surface area (Å²) in [7, 11) is 0. The summed E-state index contributed by atoms with van der Waals surface area (Å²) in [5.41, 5.74) is 0.627. The minimum atomic E-state index is -0.000188. The Morgan fingerprint density at radius 1 is 1.11 bits per heavy atom. The summed E-state index contributed by atoms with van der Waals surface area (Å²) < 4.78 is 5.54. The van der Waals surface area contributed by atoms with Crippen LogP contribution in [0.3, 0.4) is 0 Å². The number of rotatable bonds is 7. The second-order valence-corrected chi connectivity index (χ2v) is 6.69. The average Bonchev–Trinajstić information content (AvgIpc) is 2.73. The average molecular weight is 367 g/mol. The number of benzene rings is 1. The predicted molar refractivity (Wildman–Crippen MR) is 102 cm³/mol. The molecule has 1 aromatic carbocycles. The van der Waals surface area contributed by atoms with Gasteiger partial charge in [-0.1, -0.05) is 18.2 Å². The molecule has 1 aliphatic heterocycles. The van der Waals surface area contributed by atoms with Gasteiger partial charge in [-0.3, -0.25) is 14.6 Å². The van der Waals surface area contributed by atoms with Gasteiger partial charge in [0.15, 0.2) is 0 Å². The fourth-order valence-electron chi connectivity index (χ4n) is 3.14. The number of likely N-dealkylation sites (tertiary alicyclic amines) is 1. The van der Waals surface area contributed by atoms with Crippen LogP contribution in [0, 0.1) is 5.92 Å². The number of ether oxygens (including phenoxy) is 1. The van der Waals surface area contributed by atoms with Gasteiger partial charge in [-0.05, 0) is 43.0 Å². The maximum absolute atomic E-state index is 12.4. The fourth-order valence-corrected chi connectivity index (χ4v) is 3.14. The first-order valence-electron chi connectivity index (χ1n) is 9.36. The summed E-state index contributed by atoms with van der Waals surface area (Å²) >= 11 is 0. The highest BCUT2D eigenvalue weighted by Gasteiger charge is 2.23. The normalized spacial score (nSPS) is 14.6. The minimum Gasteiger partial charge on any atom is -0.493 e. The standard InChI is InChI=1S/C21H25N3O3/c25-20(10-14-27-19-6-2-1-3-7-19)23-15-17-8-12-24(13-9-17)21(26)18-5-4-11-22-16-18/h1-7,11,16-17H,8-10,12-15H2,(H,23,25). The topological polar surface area (TPSA) is 71.5 Å². The number of hydrogen-bond acceptors (Lipinski definition) is 4. The smallest absolute Gasteiger partial charge is 0.255 e. The molecule has 2 amide bonds. The molecule has 1 aliphatic rings. The summed E-state index contributed by atoms with van der Waals surface area (Å²) in [4.78, 5) is 30.2. The van der Waals surface area contributed by atoms with Crippen molar-refractivity contribution in [3.8, 4) is 5.75 Å². The van der Waals surface area contributed by atoms with E-state index < -0.39 is 0 Å². The molecule has 6 heteroatoms. The van der Waals surface area contributed by atoms with Crippen molar-refractivity contribution >= 4 is 11.8 Å². The molecule has 0 spiro atoms. The van der Waals surface area contributed by atoms with Gasteiger partial charge in [0.25, 0.3) is 5.91 Å². The predicted octanol–water partition coefficient (Wildman–Crippen LogP) is 2.52. The molecular weight excluding hydrogens is 342 g/mol. The van der Waals surface area contributed by atoms with Crippen molar-refractivity contribution < 1.29 is 14.3 Å². The molecule has 1 N–H and O–H groups in total. The van der Waals surface area contributed by atoms with Gasteiger partial charge in [0.2, 0.25) is 5.91 Å². The van der Waals surface area contributed by atoms with Crippen molar-refractivity contribution in [3.63, 3.8) is 0 Å². The van der Waals surface area contributed by atoms with Gasteiger partial charge < -0.3 is 15.0 Å². The molecule has 0 unspecified atom stereocenters. The third-order valence-electron chi connectivity index (χ3n) is 4.74. The van der Waals surface area contributed by atoms with E-state index in [1.807, 2.05) is 35.2 Å². The summed E-state index contributed by atoms with van der Waals surface area (Å²) in [5.74, 6) is 1.21.